The Balaban J connectivity index is 1.75. The Hall–Kier alpha value is -3.20. The lowest BCUT2D eigenvalue weighted by atomic mass is 9.88. The quantitative estimate of drug-likeness (QED) is 0.494. The van der Waals surface area contributed by atoms with Crippen LogP contribution in [-0.4, -0.2) is 53.7 Å². The maximum Gasteiger partial charge on any atom is 0.261 e. The van der Waals surface area contributed by atoms with E-state index in [9.17, 15) is 19.2 Å². The summed E-state index contributed by atoms with van der Waals surface area (Å²) >= 11 is 1.17. The first-order valence-electron chi connectivity index (χ1n) is 12.9. The molecule has 1 aromatic heterocycles. The summed E-state index contributed by atoms with van der Waals surface area (Å²) in [4.78, 5) is 56.3. The van der Waals surface area contributed by atoms with Crippen LogP contribution in [0.2, 0.25) is 0 Å². The number of amides is 4. The van der Waals surface area contributed by atoms with Crippen molar-refractivity contribution in [1.82, 2.24) is 20.9 Å². The summed E-state index contributed by atoms with van der Waals surface area (Å²) in [5.41, 5.74) is 2.38. The van der Waals surface area contributed by atoms with Crippen molar-refractivity contribution in [3.8, 4) is 0 Å². The molecule has 3 atom stereocenters. The Morgan fingerprint density at radius 3 is 2.27 bits per heavy atom. The number of carbonyl (C=O) groups is 4. The Kier molecular flexibility index (Phi) is 8.02. The minimum absolute atomic E-state index is 0.0880. The smallest absolute Gasteiger partial charge is 0.261 e. The van der Waals surface area contributed by atoms with Gasteiger partial charge in [-0.1, -0.05) is 38.1 Å². The van der Waals surface area contributed by atoms with Crippen molar-refractivity contribution in [3.05, 3.63) is 57.3 Å². The third kappa shape index (κ3) is 5.56. The Labute approximate surface area is 222 Å². The van der Waals surface area contributed by atoms with Crippen LogP contribution in [0.1, 0.15) is 65.8 Å². The molecule has 2 heterocycles. The van der Waals surface area contributed by atoms with E-state index in [1.807, 2.05) is 39.8 Å². The minimum atomic E-state index is -1.01. The van der Waals surface area contributed by atoms with E-state index in [4.69, 9.17) is 0 Å². The number of fused-ring (bicyclic) bond motifs is 1. The number of carbonyl (C=O) groups excluding carboxylic acids is 4. The lowest BCUT2D eigenvalue weighted by Gasteiger charge is -2.44. The molecule has 1 fully saturated rings. The summed E-state index contributed by atoms with van der Waals surface area (Å²) in [5, 5.41) is 8.57. The number of hydrogen-bond donors (Lipinski definition) is 3. The second-order valence-corrected chi connectivity index (χ2v) is 11.8. The van der Waals surface area contributed by atoms with Gasteiger partial charge in [0.25, 0.3) is 5.91 Å². The molecule has 37 heavy (non-hydrogen) atoms. The lowest BCUT2D eigenvalue weighted by Crippen LogP contribution is -2.67. The highest BCUT2D eigenvalue weighted by molar-refractivity contribution is 7.14. The zero-order valence-electron chi connectivity index (χ0n) is 22.0. The van der Waals surface area contributed by atoms with Crippen molar-refractivity contribution >= 4 is 35.0 Å². The molecule has 0 spiro atoms. The average Bonchev–Trinajstić information content (AvgIpc) is 3.49. The molecular formula is C28H36N4O4S. The molecule has 0 radical (unpaired) electrons. The molecule has 4 rings (SSSR count). The third-order valence-electron chi connectivity index (χ3n) is 7.01. The van der Waals surface area contributed by atoms with Crippen LogP contribution in [0, 0.1) is 11.8 Å². The van der Waals surface area contributed by atoms with Crippen LogP contribution in [0.5, 0.6) is 0 Å². The van der Waals surface area contributed by atoms with Gasteiger partial charge in [0.15, 0.2) is 0 Å². The normalized spacial score (nSPS) is 20.7. The van der Waals surface area contributed by atoms with Crippen molar-refractivity contribution < 1.29 is 19.2 Å². The van der Waals surface area contributed by atoms with Gasteiger partial charge in [-0.25, -0.2) is 0 Å². The largest absolute Gasteiger partial charge is 0.354 e. The van der Waals surface area contributed by atoms with Crippen LogP contribution in [0.4, 0.5) is 0 Å². The number of piperazine rings is 1. The molecule has 8 nitrogen and oxygen atoms in total. The van der Waals surface area contributed by atoms with Gasteiger partial charge in [0.05, 0.1) is 4.88 Å². The lowest BCUT2D eigenvalue weighted by molar-refractivity contribution is -0.157. The Morgan fingerprint density at radius 1 is 1.05 bits per heavy atom. The van der Waals surface area contributed by atoms with Gasteiger partial charge in [-0.2, -0.15) is 0 Å². The van der Waals surface area contributed by atoms with E-state index in [1.165, 1.54) is 27.4 Å². The van der Waals surface area contributed by atoms with Crippen LogP contribution < -0.4 is 16.0 Å². The Morgan fingerprint density at radius 2 is 1.70 bits per heavy atom. The molecule has 1 aliphatic carbocycles. The number of nitrogens with zero attached hydrogens (tertiary/aromatic N) is 1. The fourth-order valence-corrected chi connectivity index (χ4v) is 6.43. The molecule has 198 valence electrons. The number of benzene rings is 1. The maximum atomic E-state index is 14.3. The summed E-state index contributed by atoms with van der Waals surface area (Å²) in [7, 11) is 1.55. The second-order valence-electron chi connectivity index (χ2n) is 10.7. The first-order valence-corrected chi connectivity index (χ1v) is 13.7. The number of nitrogens with one attached hydrogen (secondary N) is 3. The van der Waals surface area contributed by atoms with Crippen LogP contribution >= 0.6 is 11.3 Å². The molecule has 1 saturated heterocycles. The van der Waals surface area contributed by atoms with E-state index in [0.29, 0.717) is 29.0 Å². The molecule has 1 aliphatic heterocycles. The van der Waals surface area contributed by atoms with E-state index >= 15 is 0 Å². The van der Waals surface area contributed by atoms with Crippen molar-refractivity contribution in [2.45, 2.75) is 71.1 Å². The number of thiophene rings is 1. The summed E-state index contributed by atoms with van der Waals surface area (Å²) in [6.07, 6.45) is 1.81. The Bertz CT molecular complexity index is 1170. The summed E-state index contributed by atoms with van der Waals surface area (Å²) < 4.78 is 0. The fraction of sp³-hybridized carbons (Fsp3) is 0.500. The molecule has 3 N–H and O–H groups in total. The maximum absolute atomic E-state index is 14.3. The van der Waals surface area contributed by atoms with E-state index in [0.717, 1.165) is 0 Å². The van der Waals surface area contributed by atoms with Gasteiger partial charge in [-0.15, -0.1) is 11.3 Å². The van der Waals surface area contributed by atoms with Gasteiger partial charge >= 0.3 is 0 Å². The SMILES string of the molecule is CNC(=O)c1ccc(C(C(=O)NC(C)C)N2C(=O)C(C3Cc4ccccc4C3)NC(=O)C2CC(C)C)s1. The summed E-state index contributed by atoms with van der Waals surface area (Å²) in [5.74, 6) is -1.07. The zero-order valence-corrected chi connectivity index (χ0v) is 22.9. The van der Waals surface area contributed by atoms with Crippen LogP contribution in [0.3, 0.4) is 0 Å². The summed E-state index contributed by atoms with van der Waals surface area (Å²) in [6.45, 7) is 7.70. The minimum Gasteiger partial charge on any atom is -0.354 e. The predicted octanol–water partition coefficient (Wildman–Crippen LogP) is 2.83. The molecule has 0 bridgehead atoms. The first-order chi connectivity index (χ1) is 17.6. The molecular weight excluding hydrogens is 488 g/mol. The molecule has 3 unspecified atom stereocenters. The van der Waals surface area contributed by atoms with Gasteiger partial charge in [-0.05, 0) is 68.2 Å². The third-order valence-corrected chi connectivity index (χ3v) is 8.15. The van der Waals surface area contributed by atoms with Crippen molar-refractivity contribution in [1.29, 1.82) is 0 Å². The topological polar surface area (TPSA) is 108 Å². The first kappa shape index (κ1) is 26.9. The number of rotatable bonds is 8. The molecule has 4 amide bonds. The van der Waals surface area contributed by atoms with E-state index < -0.39 is 18.1 Å². The van der Waals surface area contributed by atoms with Gasteiger partial charge < -0.3 is 20.9 Å². The molecule has 1 aromatic carbocycles. The summed E-state index contributed by atoms with van der Waals surface area (Å²) in [6, 6.07) is 8.78. The molecule has 9 heteroatoms. The highest BCUT2D eigenvalue weighted by Crippen LogP contribution is 2.37. The van der Waals surface area contributed by atoms with E-state index in [-0.39, 0.29) is 41.5 Å². The van der Waals surface area contributed by atoms with Crippen molar-refractivity contribution in [3.63, 3.8) is 0 Å². The van der Waals surface area contributed by atoms with Crippen LogP contribution in [-0.2, 0) is 27.2 Å². The molecule has 0 saturated carbocycles. The van der Waals surface area contributed by atoms with Gasteiger partial charge in [0.1, 0.15) is 18.1 Å². The predicted molar refractivity (Wildman–Crippen MR) is 143 cm³/mol. The second kappa shape index (κ2) is 11.0. The standard InChI is InChI=1S/C28H36N4O4S/c1-15(2)12-20-25(33)31-23(19-13-17-8-6-7-9-18(17)14-19)28(36)32(20)24(27(35)30-16(3)4)21-10-11-22(37-21)26(34)29-5/h6-11,15-16,19-20,23-24H,12-14H2,1-5H3,(H,29,34)(H,30,35)(H,31,33). The van der Waals surface area contributed by atoms with E-state index in [2.05, 4.69) is 28.1 Å². The number of hydrogen-bond acceptors (Lipinski definition) is 5. The molecule has 2 aliphatic rings. The monoisotopic (exact) mass is 524 g/mol. The average molecular weight is 525 g/mol. The van der Waals surface area contributed by atoms with E-state index in [1.54, 1.807) is 19.2 Å². The van der Waals surface area contributed by atoms with Crippen molar-refractivity contribution in [2.75, 3.05) is 7.05 Å². The van der Waals surface area contributed by atoms with Gasteiger partial charge in [0, 0.05) is 18.0 Å². The van der Waals surface area contributed by atoms with Gasteiger partial charge in [-0.3, -0.25) is 19.2 Å². The molecule has 2 aromatic rings. The highest BCUT2D eigenvalue weighted by atomic mass is 32.1. The highest BCUT2D eigenvalue weighted by Gasteiger charge is 2.49. The fourth-order valence-electron chi connectivity index (χ4n) is 5.38. The van der Waals surface area contributed by atoms with Gasteiger partial charge in [0.2, 0.25) is 17.7 Å². The zero-order chi connectivity index (χ0) is 26.9. The van der Waals surface area contributed by atoms with Crippen molar-refractivity contribution in [2.24, 2.45) is 11.8 Å². The van der Waals surface area contributed by atoms with Crippen LogP contribution in [0.25, 0.3) is 0 Å². The van der Waals surface area contributed by atoms with Crippen LogP contribution in [0.15, 0.2) is 36.4 Å².